The van der Waals surface area contributed by atoms with Crippen molar-refractivity contribution in [1.82, 2.24) is 9.21 Å². The van der Waals surface area contributed by atoms with Crippen molar-refractivity contribution in [3.63, 3.8) is 0 Å². The first-order chi connectivity index (χ1) is 18.3. The molecule has 1 saturated heterocycles. The molecule has 0 amide bonds. The number of likely N-dealkylation sites (N-methyl/N-ethyl adjacent to an activating group) is 1. The Hall–Kier alpha value is -1.54. The number of hydrogen-bond donors (Lipinski definition) is 0. The predicted molar refractivity (Wildman–Crippen MR) is 160 cm³/mol. The number of likely N-dealkylation sites (tertiary alicyclic amines) is 1. The summed E-state index contributed by atoms with van der Waals surface area (Å²) in [6.07, 6.45) is 3.18. The van der Waals surface area contributed by atoms with Crippen LogP contribution in [0.25, 0.3) is 0 Å². The standard InChI is InChI=1S/C30H34Cl2N2O2S2/c1-33(38(35,36)21-23-7-3-2-4-8-23)20-25(24-11-12-27(31)28(32)19-24)13-16-34-17-14-30(15-18-34)22-37-29-10-6-5-9-26(29)30/h2-12,19,25H,13-18,20-22H2,1H3. The van der Waals surface area contributed by atoms with Gasteiger partial charge in [-0.05, 0) is 79.7 Å². The highest BCUT2D eigenvalue weighted by atomic mass is 35.5. The van der Waals surface area contributed by atoms with E-state index in [0.717, 1.165) is 37.2 Å². The summed E-state index contributed by atoms with van der Waals surface area (Å²) in [4.78, 5) is 3.99. The molecule has 5 rings (SSSR count). The molecular formula is C30H34Cl2N2O2S2. The summed E-state index contributed by atoms with van der Waals surface area (Å²) in [5, 5.41) is 1.01. The highest BCUT2D eigenvalue weighted by Gasteiger charge is 2.41. The van der Waals surface area contributed by atoms with E-state index >= 15 is 0 Å². The lowest BCUT2D eigenvalue weighted by molar-refractivity contribution is 0.166. The Balaban J connectivity index is 1.26. The summed E-state index contributed by atoms with van der Waals surface area (Å²) < 4.78 is 27.9. The van der Waals surface area contributed by atoms with Crippen LogP contribution >= 0.6 is 35.0 Å². The largest absolute Gasteiger partial charge is 0.303 e. The highest BCUT2D eigenvalue weighted by molar-refractivity contribution is 7.99. The van der Waals surface area contributed by atoms with Gasteiger partial charge >= 0.3 is 0 Å². The van der Waals surface area contributed by atoms with Gasteiger partial charge < -0.3 is 4.90 Å². The summed E-state index contributed by atoms with van der Waals surface area (Å²) in [6, 6.07) is 23.9. The molecule has 1 unspecified atom stereocenters. The van der Waals surface area contributed by atoms with Crippen LogP contribution in [0.5, 0.6) is 0 Å². The van der Waals surface area contributed by atoms with Crippen LogP contribution in [0.4, 0.5) is 0 Å². The van der Waals surface area contributed by atoms with E-state index in [-0.39, 0.29) is 11.7 Å². The van der Waals surface area contributed by atoms with Crippen LogP contribution in [0.3, 0.4) is 0 Å². The lowest BCUT2D eigenvalue weighted by atomic mass is 9.74. The van der Waals surface area contributed by atoms with E-state index < -0.39 is 10.0 Å². The van der Waals surface area contributed by atoms with Crippen LogP contribution in [-0.4, -0.2) is 56.6 Å². The third-order valence-electron chi connectivity index (χ3n) is 8.13. The molecule has 0 aromatic heterocycles. The summed E-state index contributed by atoms with van der Waals surface area (Å²) in [5.74, 6) is 1.18. The van der Waals surface area contributed by atoms with Gasteiger partial charge in [-0.1, -0.05) is 77.8 Å². The molecule has 2 heterocycles. The SMILES string of the molecule is CN(CC(CCN1CCC2(CC1)CSc1ccccc12)c1ccc(Cl)c(Cl)c1)S(=O)(=O)Cc1ccccc1. The highest BCUT2D eigenvalue weighted by Crippen LogP contribution is 2.49. The van der Waals surface area contributed by atoms with Crippen molar-refractivity contribution in [2.75, 3.05) is 39.0 Å². The van der Waals surface area contributed by atoms with E-state index in [1.54, 1.807) is 7.05 Å². The van der Waals surface area contributed by atoms with Gasteiger partial charge in [-0.2, -0.15) is 0 Å². The van der Waals surface area contributed by atoms with Gasteiger partial charge in [0.25, 0.3) is 0 Å². The monoisotopic (exact) mass is 588 g/mol. The molecule has 2 aliphatic heterocycles. The lowest BCUT2D eigenvalue weighted by Gasteiger charge is -2.40. The average molecular weight is 590 g/mol. The van der Waals surface area contributed by atoms with Crippen LogP contribution < -0.4 is 0 Å². The zero-order valence-corrected chi connectivity index (χ0v) is 24.8. The molecule has 3 aromatic rings. The van der Waals surface area contributed by atoms with Crippen molar-refractivity contribution >= 4 is 45.0 Å². The van der Waals surface area contributed by atoms with Gasteiger partial charge in [0.2, 0.25) is 10.0 Å². The van der Waals surface area contributed by atoms with Crippen LogP contribution in [-0.2, 0) is 21.2 Å². The molecule has 2 aliphatic rings. The zero-order chi connectivity index (χ0) is 26.8. The van der Waals surface area contributed by atoms with Crippen molar-refractivity contribution in [3.05, 3.63) is 99.5 Å². The van der Waals surface area contributed by atoms with Gasteiger partial charge in [-0.3, -0.25) is 0 Å². The maximum Gasteiger partial charge on any atom is 0.218 e. The molecule has 4 nitrogen and oxygen atoms in total. The van der Waals surface area contributed by atoms with Crippen molar-refractivity contribution in [2.45, 2.75) is 41.2 Å². The Labute approximate surface area is 241 Å². The van der Waals surface area contributed by atoms with E-state index in [4.69, 9.17) is 23.2 Å². The van der Waals surface area contributed by atoms with Crippen molar-refractivity contribution in [3.8, 4) is 0 Å². The van der Waals surface area contributed by atoms with E-state index in [2.05, 4.69) is 29.2 Å². The number of piperidine rings is 1. The van der Waals surface area contributed by atoms with E-state index in [1.807, 2.05) is 60.3 Å². The third-order valence-corrected chi connectivity index (χ3v) is 12.0. The second-order valence-electron chi connectivity index (χ2n) is 10.6. The summed E-state index contributed by atoms with van der Waals surface area (Å²) in [7, 11) is -1.78. The predicted octanol–water partition coefficient (Wildman–Crippen LogP) is 7.07. The fourth-order valence-electron chi connectivity index (χ4n) is 5.73. The first kappa shape index (κ1) is 28.0. The van der Waals surface area contributed by atoms with Crippen LogP contribution in [0.15, 0.2) is 77.7 Å². The second kappa shape index (κ2) is 11.9. The summed E-state index contributed by atoms with van der Waals surface area (Å²) >= 11 is 14.6. The minimum Gasteiger partial charge on any atom is -0.303 e. The third kappa shape index (κ3) is 6.27. The van der Waals surface area contributed by atoms with Crippen molar-refractivity contribution < 1.29 is 8.42 Å². The molecule has 202 valence electrons. The molecule has 0 N–H and O–H groups in total. The number of sulfonamides is 1. The average Bonchev–Trinajstić information content (AvgIpc) is 3.27. The number of thioether (sulfide) groups is 1. The molecule has 1 spiro atoms. The molecule has 0 aliphatic carbocycles. The Morgan fingerprint density at radius 3 is 2.42 bits per heavy atom. The molecule has 1 fully saturated rings. The number of halogens is 2. The minimum atomic E-state index is -3.46. The lowest BCUT2D eigenvalue weighted by Crippen LogP contribution is -2.43. The summed E-state index contributed by atoms with van der Waals surface area (Å²) in [6.45, 7) is 3.44. The molecular weight excluding hydrogens is 555 g/mol. The fraction of sp³-hybridized carbons (Fsp3) is 0.400. The molecule has 1 atom stereocenters. The molecule has 0 bridgehead atoms. The Bertz CT molecular complexity index is 1360. The number of benzene rings is 3. The Morgan fingerprint density at radius 2 is 1.68 bits per heavy atom. The van der Waals surface area contributed by atoms with Crippen LogP contribution in [0, 0.1) is 0 Å². The Morgan fingerprint density at radius 1 is 0.974 bits per heavy atom. The van der Waals surface area contributed by atoms with Crippen LogP contribution in [0.2, 0.25) is 10.0 Å². The topological polar surface area (TPSA) is 40.6 Å². The number of rotatable bonds is 9. The first-order valence-electron chi connectivity index (χ1n) is 13.1. The van der Waals surface area contributed by atoms with Crippen molar-refractivity contribution in [2.24, 2.45) is 0 Å². The molecule has 3 aromatic carbocycles. The van der Waals surface area contributed by atoms with E-state index in [0.29, 0.717) is 22.0 Å². The maximum atomic E-state index is 13.2. The van der Waals surface area contributed by atoms with Crippen LogP contribution in [0.1, 0.15) is 41.9 Å². The maximum absolute atomic E-state index is 13.2. The van der Waals surface area contributed by atoms with E-state index in [9.17, 15) is 8.42 Å². The second-order valence-corrected chi connectivity index (χ2v) is 14.5. The van der Waals surface area contributed by atoms with Gasteiger partial charge in [0.1, 0.15) is 0 Å². The zero-order valence-electron chi connectivity index (χ0n) is 21.7. The molecule has 8 heteroatoms. The Kier molecular flexibility index (Phi) is 8.78. The van der Waals surface area contributed by atoms with Gasteiger partial charge in [0.05, 0.1) is 15.8 Å². The minimum absolute atomic E-state index is 0.00781. The normalized spacial score (nSPS) is 18.1. The number of hydrogen-bond acceptors (Lipinski definition) is 4. The first-order valence-corrected chi connectivity index (χ1v) is 16.5. The number of fused-ring (bicyclic) bond motifs is 2. The molecule has 0 saturated carbocycles. The van der Waals surface area contributed by atoms with Gasteiger partial charge in [0.15, 0.2) is 0 Å². The van der Waals surface area contributed by atoms with Gasteiger partial charge in [-0.25, -0.2) is 12.7 Å². The molecule has 0 radical (unpaired) electrons. The van der Waals surface area contributed by atoms with Gasteiger partial charge in [0, 0.05) is 29.7 Å². The fourth-order valence-corrected chi connectivity index (χ4v) is 8.77. The smallest absolute Gasteiger partial charge is 0.218 e. The van der Waals surface area contributed by atoms with Gasteiger partial charge in [-0.15, -0.1) is 11.8 Å². The number of nitrogens with zero attached hydrogens (tertiary/aromatic N) is 2. The quantitative estimate of drug-likeness (QED) is 0.268. The summed E-state index contributed by atoms with van der Waals surface area (Å²) in [5.41, 5.74) is 3.64. The van der Waals surface area contributed by atoms with Crippen molar-refractivity contribution in [1.29, 1.82) is 0 Å². The molecule has 38 heavy (non-hydrogen) atoms. The van der Waals surface area contributed by atoms with E-state index in [1.165, 1.54) is 33.4 Å².